The van der Waals surface area contributed by atoms with Crippen molar-refractivity contribution in [3.8, 4) is 12.3 Å². The summed E-state index contributed by atoms with van der Waals surface area (Å²) in [4.78, 5) is 17.6. The molecule has 1 aromatic rings. The van der Waals surface area contributed by atoms with Gasteiger partial charge in [-0.2, -0.15) is 0 Å². The van der Waals surface area contributed by atoms with E-state index in [1.807, 2.05) is 6.92 Å². The summed E-state index contributed by atoms with van der Waals surface area (Å²) in [6.45, 7) is 3.53. The molecule has 13 heavy (non-hydrogen) atoms. The fourth-order valence-corrected chi connectivity index (χ4v) is 0.917. The molecule has 0 aliphatic heterocycles. The Morgan fingerprint density at radius 1 is 1.77 bits per heavy atom. The molecule has 1 heterocycles. The van der Waals surface area contributed by atoms with Crippen molar-refractivity contribution in [3.63, 3.8) is 0 Å². The Bertz CT molecular complexity index is 389. The van der Waals surface area contributed by atoms with E-state index in [0.717, 1.165) is 0 Å². The highest BCUT2D eigenvalue weighted by atomic mass is 16.1. The zero-order valence-corrected chi connectivity index (χ0v) is 7.59. The summed E-state index contributed by atoms with van der Waals surface area (Å²) in [6.07, 6.45) is 5.17. The monoisotopic (exact) mass is 177 g/mol. The molecule has 0 spiro atoms. The van der Waals surface area contributed by atoms with Gasteiger partial charge in [0.05, 0.1) is 6.04 Å². The van der Waals surface area contributed by atoms with E-state index in [-0.39, 0.29) is 11.6 Å². The fourth-order valence-electron chi connectivity index (χ4n) is 0.917. The molecule has 1 rings (SSSR count). The van der Waals surface area contributed by atoms with E-state index in [2.05, 4.69) is 21.2 Å². The van der Waals surface area contributed by atoms with E-state index in [4.69, 9.17) is 6.42 Å². The van der Waals surface area contributed by atoms with Crippen LogP contribution in [0.2, 0.25) is 0 Å². The second-order valence-corrected chi connectivity index (χ2v) is 2.75. The number of nitrogens with one attached hydrogen (secondary N) is 2. The van der Waals surface area contributed by atoms with Gasteiger partial charge >= 0.3 is 0 Å². The van der Waals surface area contributed by atoms with Gasteiger partial charge in [0.15, 0.2) is 0 Å². The Morgan fingerprint density at radius 2 is 2.46 bits per heavy atom. The van der Waals surface area contributed by atoms with Crippen molar-refractivity contribution in [3.05, 3.63) is 22.2 Å². The van der Waals surface area contributed by atoms with Gasteiger partial charge < -0.3 is 10.3 Å². The van der Waals surface area contributed by atoms with Crippen LogP contribution in [0.5, 0.6) is 0 Å². The molecule has 1 aromatic heterocycles. The highest BCUT2D eigenvalue weighted by Gasteiger charge is 2.00. The van der Waals surface area contributed by atoms with Crippen LogP contribution in [0.15, 0.2) is 10.9 Å². The van der Waals surface area contributed by atoms with Crippen LogP contribution in [-0.2, 0) is 0 Å². The van der Waals surface area contributed by atoms with Crippen LogP contribution in [0.3, 0.4) is 0 Å². The number of anilines is 1. The molecule has 0 saturated carbocycles. The SMILES string of the molecule is C#CC(C)Nc1cc(=O)[nH]c(C)n1. The maximum absolute atomic E-state index is 11.0. The van der Waals surface area contributed by atoms with Gasteiger partial charge in [0, 0.05) is 6.07 Å². The molecule has 1 atom stereocenters. The third-order valence-electron chi connectivity index (χ3n) is 1.47. The first kappa shape index (κ1) is 9.33. The Kier molecular flexibility index (Phi) is 2.70. The van der Waals surface area contributed by atoms with Crippen molar-refractivity contribution in [1.29, 1.82) is 0 Å². The Hall–Kier alpha value is -1.76. The highest BCUT2D eigenvalue weighted by Crippen LogP contribution is 1.99. The van der Waals surface area contributed by atoms with Gasteiger partial charge in [-0.3, -0.25) is 4.79 Å². The molecule has 4 heteroatoms. The maximum atomic E-state index is 11.0. The van der Waals surface area contributed by atoms with Crippen LogP contribution in [0.1, 0.15) is 12.7 Å². The van der Waals surface area contributed by atoms with E-state index >= 15 is 0 Å². The third-order valence-corrected chi connectivity index (χ3v) is 1.47. The summed E-state index contributed by atoms with van der Waals surface area (Å²) in [5.41, 5.74) is -0.181. The van der Waals surface area contributed by atoms with E-state index in [1.54, 1.807) is 6.92 Å². The van der Waals surface area contributed by atoms with Gasteiger partial charge in [0.1, 0.15) is 11.6 Å². The first-order valence-corrected chi connectivity index (χ1v) is 3.92. The largest absolute Gasteiger partial charge is 0.356 e. The second-order valence-electron chi connectivity index (χ2n) is 2.75. The average Bonchev–Trinajstić information content (AvgIpc) is 2.02. The molecule has 4 nitrogen and oxygen atoms in total. The lowest BCUT2D eigenvalue weighted by molar-refractivity contribution is 0.965. The van der Waals surface area contributed by atoms with E-state index < -0.39 is 0 Å². The number of aromatic amines is 1. The van der Waals surface area contributed by atoms with E-state index in [9.17, 15) is 4.79 Å². The van der Waals surface area contributed by atoms with Gasteiger partial charge in [0.2, 0.25) is 0 Å². The Labute approximate surface area is 76.4 Å². The number of nitrogens with zero attached hydrogens (tertiary/aromatic N) is 1. The number of H-pyrrole nitrogens is 1. The van der Waals surface area contributed by atoms with Gasteiger partial charge in [-0.25, -0.2) is 4.98 Å². The van der Waals surface area contributed by atoms with Crippen molar-refractivity contribution in [2.45, 2.75) is 19.9 Å². The first-order valence-electron chi connectivity index (χ1n) is 3.92. The number of rotatable bonds is 2. The molecule has 0 bridgehead atoms. The van der Waals surface area contributed by atoms with E-state index in [1.165, 1.54) is 6.07 Å². The number of aromatic nitrogens is 2. The molecule has 0 aromatic carbocycles. The first-order chi connectivity index (χ1) is 6.11. The molecule has 0 radical (unpaired) electrons. The predicted octanol–water partition coefficient (Wildman–Crippen LogP) is 0.512. The topological polar surface area (TPSA) is 57.8 Å². The molecule has 0 saturated heterocycles. The molecule has 68 valence electrons. The van der Waals surface area contributed by atoms with Crippen LogP contribution in [0.25, 0.3) is 0 Å². The van der Waals surface area contributed by atoms with Gasteiger partial charge in [-0.1, -0.05) is 5.92 Å². The quantitative estimate of drug-likeness (QED) is 0.647. The van der Waals surface area contributed by atoms with Crippen LogP contribution < -0.4 is 10.9 Å². The molecule has 0 aliphatic rings. The van der Waals surface area contributed by atoms with Crippen LogP contribution in [0, 0.1) is 19.3 Å². The zero-order valence-electron chi connectivity index (χ0n) is 7.59. The third kappa shape index (κ3) is 2.64. The van der Waals surface area contributed by atoms with E-state index in [0.29, 0.717) is 11.6 Å². The minimum Gasteiger partial charge on any atom is -0.356 e. The van der Waals surface area contributed by atoms with Crippen molar-refractivity contribution in [1.82, 2.24) is 9.97 Å². The Balaban J connectivity index is 2.91. The minimum atomic E-state index is -0.181. The van der Waals surface area contributed by atoms with Crippen LogP contribution in [0.4, 0.5) is 5.82 Å². The molecule has 0 fully saturated rings. The van der Waals surface area contributed by atoms with Crippen molar-refractivity contribution in [2.75, 3.05) is 5.32 Å². The highest BCUT2D eigenvalue weighted by molar-refractivity contribution is 5.36. The lowest BCUT2D eigenvalue weighted by Crippen LogP contribution is -2.17. The van der Waals surface area contributed by atoms with Crippen LogP contribution in [-0.4, -0.2) is 16.0 Å². The average molecular weight is 177 g/mol. The maximum Gasteiger partial charge on any atom is 0.252 e. The summed E-state index contributed by atoms with van der Waals surface area (Å²) < 4.78 is 0. The predicted molar refractivity (Wildman–Crippen MR) is 51.5 cm³/mol. The Morgan fingerprint density at radius 3 is 3.00 bits per heavy atom. The molecule has 0 aliphatic carbocycles. The number of aryl methyl sites for hydroxylation is 1. The minimum absolute atomic E-state index is 0.131. The summed E-state index contributed by atoms with van der Waals surface area (Å²) in [5.74, 6) is 3.56. The molecule has 0 amide bonds. The normalized spacial score (nSPS) is 11.8. The summed E-state index contributed by atoms with van der Waals surface area (Å²) in [5, 5.41) is 2.91. The number of terminal acetylenes is 1. The van der Waals surface area contributed by atoms with Crippen LogP contribution >= 0.6 is 0 Å². The number of hydrogen-bond acceptors (Lipinski definition) is 3. The van der Waals surface area contributed by atoms with Gasteiger partial charge in [-0.05, 0) is 13.8 Å². The fraction of sp³-hybridized carbons (Fsp3) is 0.333. The smallest absolute Gasteiger partial charge is 0.252 e. The van der Waals surface area contributed by atoms with Gasteiger partial charge in [-0.15, -0.1) is 6.42 Å². The van der Waals surface area contributed by atoms with Gasteiger partial charge in [0.25, 0.3) is 5.56 Å². The van der Waals surface area contributed by atoms with Crippen molar-refractivity contribution < 1.29 is 0 Å². The van der Waals surface area contributed by atoms with Crippen molar-refractivity contribution >= 4 is 5.82 Å². The summed E-state index contributed by atoms with van der Waals surface area (Å²) >= 11 is 0. The lowest BCUT2D eigenvalue weighted by Gasteiger charge is -2.07. The molecular weight excluding hydrogens is 166 g/mol. The zero-order chi connectivity index (χ0) is 9.84. The standard InChI is InChI=1S/C9H11N3O/c1-4-6(2)10-8-5-9(13)12-7(3)11-8/h1,5-6H,2-3H3,(H2,10,11,12,13). The second kappa shape index (κ2) is 3.76. The number of hydrogen-bond donors (Lipinski definition) is 2. The summed E-state index contributed by atoms with van der Waals surface area (Å²) in [7, 11) is 0. The van der Waals surface area contributed by atoms with Crippen molar-refractivity contribution in [2.24, 2.45) is 0 Å². The molecule has 1 unspecified atom stereocenters. The summed E-state index contributed by atoms with van der Waals surface area (Å²) in [6, 6.07) is 1.24. The molecule has 2 N–H and O–H groups in total. The lowest BCUT2D eigenvalue weighted by atomic mass is 10.3. The molecular formula is C9H11N3O.